The van der Waals surface area contributed by atoms with Crippen molar-refractivity contribution >= 4 is 33.4 Å². The first-order chi connectivity index (χ1) is 14.0. The van der Waals surface area contributed by atoms with Crippen molar-refractivity contribution in [1.29, 1.82) is 0 Å². The van der Waals surface area contributed by atoms with Crippen molar-refractivity contribution in [1.82, 2.24) is 5.32 Å². The van der Waals surface area contributed by atoms with Crippen LogP contribution in [0, 0.1) is 0 Å². The van der Waals surface area contributed by atoms with Gasteiger partial charge in [0.1, 0.15) is 5.75 Å². The number of rotatable bonds is 11. The number of carbonyl (C=O) groups is 2. The van der Waals surface area contributed by atoms with Gasteiger partial charge in [0, 0.05) is 22.3 Å². The predicted molar refractivity (Wildman–Crippen MR) is 121 cm³/mol. The molecular weight excluding hydrogens is 432 g/mol. The first kappa shape index (κ1) is 22.9. The van der Waals surface area contributed by atoms with Gasteiger partial charge in [-0.1, -0.05) is 49.0 Å². The highest BCUT2D eigenvalue weighted by Gasteiger charge is 2.14. The fourth-order valence-electron chi connectivity index (χ4n) is 2.76. The summed E-state index contributed by atoms with van der Waals surface area (Å²) in [6.07, 6.45) is 5.32. The van der Waals surface area contributed by atoms with Crippen molar-refractivity contribution in [2.45, 2.75) is 46.0 Å². The Morgan fingerprint density at radius 2 is 1.69 bits per heavy atom. The molecule has 0 heterocycles. The third kappa shape index (κ3) is 7.54. The first-order valence-corrected chi connectivity index (χ1v) is 11.0. The number of nitrogens with one attached hydrogen (secondary N) is 2. The molecule has 0 aliphatic carbocycles. The van der Waals surface area contributed by atoms with Crippen LogP contribution >= 0.6 is 15.9 Å². The number of carbonyl (C=O) groups excluding carboxylic acids is 2. The number of anilines is 1. The van der Waals surface area contributed by atoms with E-state index in [0.29, 0.717) is 35.7 Å². The Balaban J connectivity index is 2.02. The van der Waals surface area contributed by atoms with Gasteiger partial charge in [0.25, 0.3) is 11.8 Å². The van der Waals surface area contributed by atoms with Crippen molar-refractivity contribution in [3.63, 3.8) is 0 Å². The molecule has 2 rings (SSSR count). The molecule has 0 fully saturated rings. The smallest absolute Gasteiger partial charge is 0.259 e. The zero-order valence-corrected chi connectivity index (χ0v) is 18.7. The van der Waals surface area contributed by atoms with Crippen LogP contribution in [-0.4, -0.2) is 25.0 Å². The minimum absolute atomic E-state index is 0.115. The molecule has 0 aliphatic rings. The maximum Gasteiger partial charge on any atom is 0.259 e. The molecule has 0 atom stereocenters. The van der Waals surface area contributed by atoms with Gasteiger partial charge in [-0.15, -0.1) is 0 Å². The first-order valence-electron chi connectivity index (χ1n) is 10.2. The highest BCUT2D eigenvalue weighted by molar-refractivity contribution is 9.10. The van der Waals surface area contributed by atoms with Crippen LogP contribution in [0.5, 0.6) is 5.75 Å². The molecule has 2 aromatic carbocycles. The molecule has 0 unspecified atom stereocenters. The van der Waals surface area contributed by atoms with Gasteiger partial charge in [0.2, 0.25) is 0 Å². The number of hydrogen-bond donors (Lipinski definition) is 2. The Hall–Kier alpha value is -2.34. The second-order valence-corrected chi connectivity index (χ2v) is 7.75. The number of benzene rings is 2. The van der Waals surface area contributed by atoms with Gasteiger partial charge in [0.05, 0.1) is 12.2 Å². The molecule has 0 aromatic heterocycles. The van der Waals surface area contributed by atoms with Gasteiger partial charge in [-0.2, -0.15) is 0 Å². The Labute approximate surface area is 181 Å². The van der Waals surface area contributed by atoms with E-state index in [1.165, 1.54) is 12.8 Å². The summed E-state index contributed by atoms with van der Waals surface area (Å²) in [5, 5.41) is 5.71. The van der Waals surface area contributed by atoms with Gasteiger partial charge in [0.15, 0.2) is 0 Å². The van der Waals surface area contributed by atoms with E-state index in [1.807, 2.05) is 13.0 Å². The molecule has 2 aromatic rings. The monoisotopic (exact) mass is 460 g/mol. The fraction of sp³-hybridized carbons (Fsp3) is 0.391. The Kier molecular flexibility index (Phi) is 9.71. The summed E-state index contributed by atoms with van der Waals surface area (Å²) < 4.78 is 6.66. The Bertz CT molecular complexity index is 806. The standard InChI is InChI=1S/C23H29BrN2O3/c1-3-5-6-7-15-29-21-13-10-18(24)16-20(21)23(28)26-19-11-8-17(9-12-19)22(27)25-14-4-2/h8-13,16H,3-7,14-15H2,1-2H3,(H,25,27)(H,26,28). The van der Waals surface area contributed by atoms with E-state index in [0.717, 1.165) is 23.7 Å². The maximum absolute atomic E-state index is 12.8. The van der Waals surface area contributed by atoms with Crippen molar-refractivity contribution in [3.8, 4) is 5.75 Å². The lowest BCUT2D eigenvalue weighted by Crippen LogP contribution is -2.23. The average Bonchev–Trinajstić information content (AvgIpc) is 2.73. The molecule has 0 saturated carbocycles. The summed E-state index contributed by atoms with van der Waals surface area (Å²) >= 11 is 3.42. The molecule has 2 N–H and O–H groups in total. The number of halogens is 1. The van der Waals surface area contributed by atoms with E-state index >= 15 is 0 Å². The second kappa shape index (κ2) is 12.3. The lowest BCUT2D eigenvalue weighted by Gasteiger charge is -2.13. The Morgan fingerprint density at radius 3 is 2.38 bits per heavy atom. The zero-order chi connectivity index (χ0) is 21.1. The molecule has 5 nitrogen and oxygen atoms in total. The van der Waals surface area contributed by atoms with Gasteiger partial charge in [-0.3, -0.25) is 9.59 Å². The van der Waals surface area contributed by atoms with Gasteiger partial charge in [-0.25, -0.2) is 0 Å². The summed E-state index contributed by atoms with van der Waals surface area (Å²) in [7, 11) is 0. The minimum Gasteiger partial charge on any atom is -0.493 e. The molecule has 29 heavy (non-hydrogen) atoms. The third-order valence-corrected chi connectivity index (χ3v) is 4.88. The van der Waals surface area contributed by atoms with E-state index in [1.54, 1.807) is 36.4 Å². The van der Waals surface area contributed by atoms with Crippen LogP contribution in [0.4, 0.5) is 5.69 Å². The van der Waals surface area contributed by atoms with Crippen LogP contribution < -0.4 is 15.4 Å². The normalized spacial score (nSPS) is 10.4. The van der Waals surface area contributed by atoms with Crippen LogP contribution in [0.15, 0.2) is 46.9 Å². The quantitative estimate of drug-likeness (QED) is 0.416. The highest BCUT2D eigenvalue weighted by Crippen LogP contribution is 2.25. The largest absolute Gasteiger partial charge is 0.493 e. The van der Waals surface area contributed by atoms with Gasteiger partial charge in [-0.05, 0) is 55.3 Å². The molecular formula is C23H29BrN2O3. The van der Waals surface area contributed by atoms with Crippen molar-refractivity contribution in [2.24, 2.45) is 0 Å². The van der Waals surface area contributed by atoms with Crippen molar-refractivity contribution in [3.05, 3.63) is 58.1 Å². The topological polar surface area (TPSA) is 67.4 Å². The summed E-state index contributed by atoms with van der Waals surface area (Å²) in [5.41, 5.74) is 1.66. The molecule has 0 radical (unpaired) electrons. The number of amides is 2. The molecule has 0 saturated heterocycles. The van der Waals surface area contributed by atoms with Crippen LogP contribution in [0.2, 0.25) is 0 Å². The van der Waals surface area contributed by atoms with Crippen LogP contribution in [0.1, 0.15) is 66.7 Å². The van der Waals surface area contributed by atoms with Gasteiger partial charge < -0.3 is 15.4 Å². The van der Waals surface area contributed by atoms with E-state index < -0.39 is 0 Å². The van der Waals surface area contributed by atoms with E-state index in [4.69, 9.17) is 4.74 Å². The molecule has 156 valence electrons. The van der Waals surface area contributed by atoms with Crippen molar-refractivity contribution < 1.29 is 14.3 Å². The molecule has 2 amide bonds. The molecule has 6 heteroatoms. The predicted octanol–water partition coefficient (Wildman–Crippen LogP) is 5.80. The van der Waals surface area contributed by atoms with E-state index in [2.05, 4.69) is 33.5 Å². The molecule has 0 spiro atoms. The Morgan fingerprint density at radius 1 is 0.931 bits per heavy atom. The number of ether oxygens (including phenoxy) is 1. The maximum atomic E-state index is 12.8. The minimum atomic E-state index is -0.252. The number of unbranched alkanes of at least 4 members (excludes halogenated alkanes) is 3. The summed E-state index contributed by atoms with van der Waals surface area (Å²) in [6.45, 7) is 5.40. The van der Waals surface area contributed by atoms with Crippen LogP contribution in [0.3, 0.4) is 0 Å². The van der Waals surface area contributed by atoms with Crippen LogP contribution in [-0.2, 0) is 0 Å². The molecule has 0 aliphatic heterocycles. The van der Waals surface area contributed by atoms with E-state index in [9.17, 15) is 9.59 Å². The second-order valence-electron chi connectivity index (χ2n) is 6.84. The summed E-state index contributed by atoms with van der Waals surface area (Å²) in [6, 6.07) is 12.3. The lowest BCUT2D eigenvalue weighted by molar-refractivity contribution is 0.0953. The zero-order valence-electron chi connectivity index (χ0n) is 17.1. The van der Waals surface area contributed by atoms with Crippen molar-refractivity contribution in [2.75, 3.05) is 18.5 Å². The third-order valence-electron chi connectivity index (χ3n) is 4.38. The van der Waals surface area contributed by atoms with Gasteiger partial charge >= 0.3 is 0 Å². The number of hydrogen-bond acceptors (Lipinski definition) is 3. The lowest BCUT2D eigenvalue weighted by atomic mass is 10.1. The van der Waals surface area contributed by atoms with E-state index in [-0.39, 0.29) is 11.8 Å². The van der Waals surface area contributed by atoms with Crippen LogP contribution in [0.25, 0.3) is 0 Å². The average molecular weight is 461 g/mol. The molecule has 0 bridgehead atoms. The highest BCUT2D eigenvalue weighted by atomic mass is 79.9. The fourth-order valence-corrected chi connectivity index (χ4v) is 3.12. The summed E-state index contributed by atoms with van der Waals surface area (Å²) in [4.78, 5) is 24.8. The SMILES string of the molecule is CCCCCCOc1ccc(Br)cc1C(=O)Nc1ccc(C(=O)NCCC)cc1. The summed E-state index contributed by atoms with van der Waals surface area (Å²) in [5.74, 6) is 0.200.